The first-order valence-corrected chi connectivity index (χ1v) is 5.52. The number of aliphatic hydroxyl groups excluding tert-OH is 1. The summed E-state index contributed by atoms with van der Waals surface area (Å²) in [5.74, 6) is 0. The maximum atomic E-state index is 11.9. The number of halogens is 3. The molecule has 0 aliphatic carbocycles. The van der Waals surface area contributed by atoms with E-state index in [-0.39, 0.29) is 0 Å². The molecule has 1 fully saturated rings. The van der Waals surface area contributed by atoms with Crippen molar-refractivity contribution in [2.45, 2.75) is 31.5 Å². The third-order valence-corrected chi connectivity index (χ3v) is 2.45. The highest BCUT2D eigenvalue weighted by molar-refractivity contribution is 5.85. The Hall–Kier alpha value is -1.31. The van der Waals surface area contributed by atoms with E-state index in [1.807, 2.05) is 0 Å². The first kappa shape index (κ1) is 14.7. The molecule has 1 amide bonds. The van der Waals surface area contributed by atoms with Gasteiger partial charge >= 0.3 is 6.18 Å². The third kappa shape index (κ3) is 5.85. The van der Waals surface area contributed by atoms with Gasteiger partial charge in [-0.2, -0.15) is 13.2 Å². The van der Waals surface area contributed by atoms with Gasteiger partial charge in [-0.15, -0.1) is 0 Å². The molecule has 0 saturated carbocycles. The fraction of sp³-hybridized carbons (Fsp3) is 0.800. The van der Waals surface area contributed by atoms with Crippen molar-refractivity contribution in [1.82, 2.24) is 4.90 Å². The van der Waals surface area contributed by atoms with Crippen LogP contribution in [0.5, 0.6) is 0 Å². The molecule has 1 rings (SSSR count). The molecular formula is C10H15F3N2O3. The van der Waals surface area contributed by atoms with Gasteiger partial charge in [0.05, 0.1) is 18.2 Å². The number of nitrogens with zero attached hydrogens (tertiary/aromatic N) is 2. The van der Waals surface area contributed by atoms with Gasteiger partial charge in [0.1, 0.15) is 6.61 Å². The second-order valence-electron chi connectivity index (χ2n) is 4.07. The van der Waals surface area contributed by atoms with Crippen molar-refractivity contribution in [1.29, 1.82) is 0 Å². The Bertz CT molecular complexity index is 297. The number of alkyl halides is 3. The molecule has 0 bridgehead atoms. The zero-order valence-electron chi connectivity index (χ0n) is 9.69. The van der Waals surface area contributed by atoms with Gasteiger partial charge in [0.15, 0.2) is 0 Å². The van der Waals surface area contributed by atoms with Gasteiger partial charge in [-0.05, 0) is 0 Å². The van der Waals surface area contributed by atoms with E-state index < -0.39 is 25.3 Å². The molecule has 1 unspecified atom stereocenters. The lowest BCUT2D eigenvalue weighted by Gasteiger charge is -2.23. The van der Waals surface area contributed by atoms with Gasteiger partial charge in [0, 0.05) is 25.9 Å². The van der Waals surface area contributed by atoms with E-state index in [4.69, 9.17) is 5.11 Å². The molecule has 1 aliphatic heterocycles. The first-order chi connectivity index (χ1) is 8.40. The highest BCUT2D eigenvalue weighted by atomic mass is 19.4. The fourth-order valence-electron chi connectivity index (χ4n) is 1.52. The molecule has 0 aromatic rings. The Kier molecular flexibility index (Phi) is 5.39. The van der Waals surface area contributed by atoms with Crippen LogP contribution in [0.25, 0.3) is 0 Å². The highest BCUT2D eigenvalue weighted by Crippen LogP contribution is 2.21. The molecule has 1 aliphatic rings. The fourth-order valence-corrected chi connectivity index (χ4v) is 1.52. The Balaban J connectivity index is 2.23. The highest BCUT2D eigenvalue weighted by Gasteiger charge is 2.31. The third-order valence-electron chi connectivity index (χ3n) is 2.45. The minimum Gasteiger partial charge on any atom is -0.393 e. The molecule has 18 heavy (non-hydrogen) atoms. The van der Waals surface area contributed by atoms with Crippen LogP contribution in [0.1, 0.15) is 19.3 Å². The number of rotatable bonds is 5. The first-order valence-electron chi connectivity index (χ1n) is 5.52. The number of carbonyl (C=O) groups excluding carboxylic acids is 1. The summed E-state index contributed by atoms with van der Waals surface area (Å²) < 4.78 is 35.6. The number of likely N-dealkylation sites (tertiary alicyclic amines) is 1. The van der Waals surface area contributed by atoms with E-state index >= 15 is 0 Å². The van der Waals surface area contributed by atoms with Crippen molar-refractivity contribution in [3.63, 3.8) is 0 Å². The van der Waals surface area contributed by atoms with Crippen LogP contribution < -0.4 is 0 Å². The van der Waals surface area contributed by atoms with Crippen LogP contribution in [-0.4, -0.2) is 54.1 Å². The number of hydrogen-bond donors (Lipinski definition) is 1. The Labute approximate surface area is 102 Å². The number of oxime groups is 1. The average Bonchev–Trinajstić information content (AvgIpc) is 2.27. The van der Waals surface area contributed by atoms with Crippen molar-refractivity contribution in [3.05, 3.63) is 0 Å². The van der Waals surface area contributed by atoms with E-state index in [0.29, 0.717) is 31.6 Å². The summed E-state index contributed by atoms with van der Waals surface area (Å²) >= 11 is 0. The van der Waals surface area contributed by atoms with Crippen LogP contribution in [0.2, 0.25) is 0 Å². The van der Waals surface area contributed by atoms with E-state index in [1.165, 1.54) is 0 Å². The minimum absolute atomic E-state index is 0.486. The minimum atomic E-state index is -4.41. The molecule has 0 spiro atoms. The van der Waals surface area contributed by atoms with Crippen molar-refractivity contribution in [2.24, 2.45) is 5.16 Å². The zero-order valence-corrected chi connectivity index (χ0v) is 9.69. The van der Waals surface area contributed by atoms with Gasteiger partial charge in [-0.25, -0.2) is 0 Å². The van der Waals surface area contributed by atoms with Crippen LogP contribution in [0, 0.1) is 0 Å². The second kappa shape index (κ2) is 6.58. The summed E-state index contributed by atoms with van der Waals surface area (Å²) in [6.07, 6.45) is -5.51. The molecule has 0 aromatic carbocycles. The Morgan fingerprint density at radius 3 is 2.56 bits per heavy atom. The summed E-state index contributed by atoms with van der Waals surface area (Å²) in [5, 5.41) is 12.7. The maximum Gasteiger partial charge on any atom is 0.391 e. The van der Waals surface area contributed by atoms with Crippen LogP contribution in [0.4, 0.5) is 13.2 Å². The predicted octanol–water partition coefficient (Wildman–Crippen LogP) is 0.925. The van der Waals surface area contributed by atoms with E-state index in [1.54, 1.807) is 4.90 Å². The van der Waals surface area contributed by atoms with Gasteiger partial charge in [0.2, 0.25) is 6.41 Å². The molecule has 1 saturated heterocycles. The van der Waals surface area contributed by atoms with Gasteiger partial charge in [0.25, 0.3) is 0 Å². The largest absolute Gasteiger partial charge is 0.393 e. The van der Waals surface area contributed by atoms with Gasteiger partial charge in [-0.3, -0.25) is 4.79 Å². The monoisotopic (exact) mass is 268 g/mol. The molecule has 0 radical (unpaired) electrons. The number of hydrogen-bond acceptors (Lipinski definition) is 4. The van der Waals surface area contributed by atoms with Gasteiger partial charge in [-0.1, -0.05) is 5.16 Å². The summed E-state index contributed by atoms with van der Waals surface area (Å²) in [5.41, 5.74) is 0.687. The van der Waals surface area contributed by atoms with Crippen molar-refractivity contribution < 1.29 is 27.9 Å². The Morgan fingerprint density at radius 2 is 2.06 bits per heavy atom. The van der Waals surface area contributed by atoms with E-state index in [0.717, 1.165) is 6.41 Å². The van der Waals surface area contributed by atoms with E-state index in [2.05, 4.69) is 9.99 Å². The Morgan fingerprint density at radius 1 is 1.44 bits per heavy atom. The SMILES string of the molecule is O=CN1CCC(=NOCC(O)CC(F)(F)F)CC1. The topological polar surface area (TPSA) is 62.1 Å². The average molecular weight is 268 g/mol. The zero-order chi connectivity index (χ0) is 13.6. The molecule has 8 heteroatoms. The van der Waals surface area contributed by atoms with Crippen molar-refractivity contribution in [3.8, 4) is 0 Å². The number of piperidine rings is 1. The molecule has 104 valence electrons. The molecular weight excluding hydrogens is 253 g/mol. The summed E-state index contributed by atoms with van der Waals surface area (Å²) in [6.45, 7) is 0.563. The maximum absolute atomic E-state index is 11.9. The smallest absolute Gasteiger partial charge is 0.391 e. The number of aliphatic hydroxyl groups is 1. The van der Waals surface area contributed by atoms with Crippen LogP contribution >= 0.6 is 0 Å². The lowest BCUT2D eigenvalue weighted by molar-refractivity contribution is -0.159. The molecule has 5 nitrogen and oxygen atoms in total. The lowest BCUT2D eigenvalue weighted by Crippen LogP contribution is -2.32. The van der Waals surface area contributed by atoms with Crippen LogP contribution in [0.15, 0.2) is 5.16 Å². The van der Waals surface area contributed by atoms with Crippen molar-refractivity contribution in [2.75, 3.05) is 19.7 Å². The lowest BCUT2D eigenvalue weighted by atomic mass is 10.1. The van der Waals surface area contributed by atoms with Gasteiger partial charge < -0.3 is 14.8 Å². The van der Waals surface area contributed by atoms with Crippen LogP contribution in [0.3, 0.4) is 0 Å². The van der Waals surface area contributed by atoms with Crippen LogP contribution in [-0.2, 0) is 9.63 Å². The summed E-state index contributed by atoms with van der Waals surface area (Å²) in [6, 6.07) is 0. The molecule has 1 atom stereocenters. The standard InChI is InChI=1S/C10H15F3N2O3/c11-10(12,13)5-9(17)6-18-14-8-1-3-15(7-16)4-2-8/h7,9,17H,1-6H2. The quantitative estimate of drug-likeness (QED) is 0.596. The molecule has 1 N–H and O–H groups in total. The summed E-state index contributed by atoms with van der Waals surface area (Å²) in [7, 11) is 0. The second-order valence-corrected chi connectivity index (χ2v) is 4.07. The van der Waals surface area contributed by atoms with E-state index in [9.17, 15) is 18.0 Å². The summed E-state index contributed by atoms with van der Waals surface area (Å²) in [4.78, 5) is 16.7. The van der Waals surface area contributed by atoms with Crippen molar-refractivity contribution >= 4 is 12.1 Å². The normalized spacial score (nSPS) is 18.4. The molecule has 0 aromatic heterocycles. The number of carbonyl (C=O) groups is 1. The predicted molar refractivity (Wildman–Crippen MR) is 56.9 cm³/mol. The number of amides is 1. The molecule has 1 heterocycles.